The maximum atomic E-state index is 2.12. The van der Waals surface area contributed by atoms with Crippen LogP contribution in [0, 0.1) is 0 Å². The van der Waals surface area contributed by atoms with Gasteiger partial charge >= 0.3 is 0 Å². The molecule has 2 heteroatoms. The minimum atomic E-state index is 0. The summed E-state index contributed by atoms with van der Waals surface area (Å²) in [7, 11) is 0. The Morgan fingerprint density at radius 2 is 0.786 bits per heavy atom. The zero-order valence-corrected chi connectivity index (χ0v) is 12.5. The largest absolute Gasteiger partial charge is 0.107 e. The Labute approximate surface area is 119 Å². The van der Waals surface area contributed by atoms with Crippen LogP contribution in [0.2, 0.25) is 0 Å². The van der Waals surface area contributed by atoms with E-state index in [1.807, 2.05) is 12.1 Å². The van der Waals surface area contributed by atoms with Gasteiger partial charge in [0.05, 0.1) is 0 Å². The van der Waals surface area contributed by atoms with Crippen LogP contribution in [-0.2, 0) is 0 Å². The third-order valence-corrected chi connectivity index (χ3v) is 1.88. The minimum Gasteiger partial charge on any atom is -0.107 e. The van der Waals surface area contributed by atoms with Crippen LogP contribution < -0.4 is 0 Å². The second-order valence-corrected chi connectivity index (χ2v) is 2.73. The molecule has 0 aliphatic rings. The predicted octanol–water partition coefficient (Wildman–Crippen LogP) is 3.59. The van der Waals surface area contributed by atoms with E-state index in [4.69, 9.17) is 0 Å². The van der Waals surface area contributed by atoms with Gasteiger partial charge < -0.3 is 0 Å². The van der Waals surface area contributed by atoms with Crippen molar-refractivity contribution in [1.82, 2.24) is 0 Å². The van der Waals surface area contributed by atoms with Gasteiger partial charge in [0, 0.05) is 24.4 Å². The topological polar surface area (TPSA) is 0 Å². The number of rotatable bonds is 1. The monoisotopic (exact) mass is 403 g/mol. The van der Waals surface area contributed by atoms with E-state index in [1.54, 1.807) is 0 Å². The fourth-order valence-corrected chi connectivity index (χ4v) is 1.26. The molecular formula is C12H11ISb. The van der Waals surface area contributed by atoms with Crippen LogP contribution in [0.3, 0.4) is 0 Å². The zero-order chi connectivity index (χ0) is 8.23. The van der Waals surface area contributed by atoms with Crippen LogP contribution in [0.15, 0.2) is 60.7 Å². The van der Waals surface area contributed by atoms with Gasteiger partial charge in [-0.2, -0.15) is 0 Å². The fraction of sp³-hybridized carbons (Fsp3) is 0. The molecule has 71 valence electrons. The molecule has 0 amide bonds. The maximum Gasteiger partial charge on any atom is 0 e. The Kier molecular flexibility index (Phi) is 7.30. The second-order valence-electron chi connectivity index (χ2n) is 2.73. The normalized spacial score (nSPS) is 8.29. The van der Waals surface area contributed by atoms with Gasteiger partial charge in [0.2, 0.25) is 0 Å². The molecule has 0 atom stereocenters. The van der Waals surface area contributed by atoms with Gasteiger partial charge in [0.1, 0.15) is 0 Å². The van der Waals surface area contributed by atoms with Gasteiger partial charge in [-0.1, -0.05) is 60.7 Å². The molecule has 0 aromatic heterocycles. The van der Waals surface area contributed by atoms with Crippen LogP contribution >= 0.6 is 24.0 Å². The summed E-state index contributed by atoms with van der Waals surface area (Å²) < 4.78 is 0. The fourth-order valence-electron chi connectivity index (χ4n) is 1.26. The molecule has 0 bridgehead atoms. The van der Waals surface area contributed by atoms with Gasteiger partial charge in [-0.05, 0) is 11.1 Å². The summed E-state index contributed by atoms with van der Waals surface area (Å²) in [4.78, 5) is 0. The van der Waals surface area contributed by atoms with Crippen molar-refractivity contribution in [2.45, 2.75) is 0 Å². The van der Waals surface area contributed by atoms with Crippen molar-refractivity contribution in [2.75, 3.05) is 0 Å². The van der Waals surface area contributed by atoms with Crippen molar-refractivity contribution in [2.24, 2.45) is 0 Å². The van der Waals surface area contributed by atoms with Crippen LogP contribution in [0.25, 0.3) is 11.1 Å². The molecule has 0 unspecified atom stereocenters. The predicted molar refractivity (Wildman–Crippen MR) is 73.0 cm³/mol. The molecule has 0 fully saturated rings. The van der Waals surface area contributed by atoms with Crippen LogP contribution in [0.1, 0.15) is 0 Å². The smallest absolute Gasteiger partial charge is 0 e. The van der Waals surface area contributed by atoms with Gasteiger partial charge in [0.25, 0.3) is 0 Å². The van der Waals surface area contributed by atoms with Crippen LogP contribution in [0.4, 0.5) is 0 Å². The quantitative estimate of drug-likeness (QED) is 0.504. The van der Waals surface area contributed by atoms with Gasteiger partial charge in [-0.25, -0.2) is 0 Å². The Morgan fingerprint density at radius 3 is 1.07 bits per heavy atom. The first-order valence-corrected chi connectivity index (χ1v) is 4.07. The Hall–Kier alpha value is -0.0118. The summed E-state index contributed by atoms with van der Waals surface area (Å²) in [6.45, 7) is 0. The number of halogens is 1. The summed E-state index contributed by atoms with van der Waals surface area (Å²) in [5, 5.41) is 0. The average Bonchev–Trinajstić information content (AvgIpc) is 2.21. The molecule has 0 nitrogen and oxygen atoms in total. The molecule has 0 saturated heterocycles. The van der Waals surface area contributed by atoms with E-state index in [0.717, 1.165) is 0 Å². The first kappa shape index (κ1) is 14.0. The Bertz CT molecular complexity index is 308. The van der Waals surface area contributed by atoms with E-state index in [1.165, 1.54) is 11.1 Å². The Balaban J connectivity index is 0.000000845. The van der Waals surface area contributed by atoms with Crippen molar-refractivity contribution in [3.05, 3.63) is 60.7 Å². The minimum absolute atomic E-state index is 0. The molecule has 0 heterocycles. The van der Waals surface area contributed by atoms with E-state index < -0.39 is 0 Å². The number of hydrogen-bond donors (Lipinski definition) is 0. The molecule has 3 radical (unpaired) electrons. The molecule has 0 N–H and O–H groups in total. The van der Waals surface area contributed by atoms with E-state index in [9.17, 15) is 0 Å². The van der Waals surface area contributed by atoms with Crippen molar-refractivity contribution in [3.8, 4) is 11.1 Å². The Morgan fingerprint density at radius 1 is 0.500 bits per heavy atom. The first-order chi connectivity index (χ1) is 5.97. The molecule has 0 aliphatic carbocycles. The van der Waals surface area contributed by atoms with E-state index >= 15 is 0 Å². The molecule has 2 aromatic carbocycles. The zero-order valence-electron chi connectivity index (χ0n) is 7.63. The van der Waals surface area contributed by atoms with E-state index in [-0.39, 0.29) is 48.4 Å². The number of benzene rings is 2. The van der Waals surface area contributed by atoms with Crippen molar-refractivity contribution < 1.29 is 0 Å². The van der Waals surface area contributed by atoms with Gasteiger partial charge in [0.15, 0.2) is 0 Å². The average molecular weight is 404 g/mol. The summed E-state index contributed by atoms with van der Waals surface area (Å²) in [6, 6.07) is 20.8. The second kappa shape index (κ2) is 7.30. The summed E-state index contributed by atoms with van der Waals surface area (Å²) in [5.41, 5.74) is 2.55. The summed E-state index contributed by atoms with van der Waals surface area (Å²) in [5.74, 6) is 0. The van der Waals surface area contributed by atoms with Gasteiger partial charge in [-0.15, -0.1) is 24.0 Å². The standard InChI is InChI=1S/C12H10.HI.Sb/c1-3-7-11(8-4-1)12-9-5-2-6-10-12;;/h1-10H;1H;. The SMILES string of the molecule is I.[Sb].c1ccc(-c2ccccc2)cc1. The van der Waals surface area contributed by atoms with Crippen molar-refractivity contribution >= 4 is 48.4 Å². The van der Waals surface area contributed by atoms with E-state index in [2.05, 4.69) is 48.5 Å². The number of hydrogen-bond acceptors (Lipinski definition) is 0. The summed E-state index contributed by atoms with van der Waals surface area (Å²) in [6.07, 6.45) is 0. The van der Waals surface area contributed by atoms with Gasteiger partial charge in [-0.3, -0.25) is 0 Å². The van der Waals surface area contributed by atoms with E-state index in [0.29, 0.717) is 0 Å². The first-order valence-electron chi connectivity index (χ1n) is 4.07. The third-order valence-electron chi connectivity index (χ3n) is 1.88. The van der Waals surface area contributed by atoms with Crippen molar-refractivity contribution in [1.29, 1.82) is 0 Å². The van der Waals surface area contributed by atoms with Crippen LogP contribution in [-0.4, -0.2) is 24.4 Å². The molecule has 0 saturated carbocycles. The maximum absolute atomic E-state index is 2.12. The molecule has 14 heavy (non-hydrogen) atoms. The molecular weight excluding hydrogens is 393 g/mol. The molecule has 0 aliphatic heterocycles. The van der Waals surface area contributed by atoms with Crippen LogP contribution in [0.5, 0.6) is 0 Å². The summed E-state index contributed by atoms with van der Waals surface area (Å²) >= 11 is 0. The molecule has 2 rings (SSSR count). The molecule has 0 spiro atoms. The third kappa shape index (κ3) is 3.62. The van der Waals surface area contributed by atoms with Crippen molar-refractivity contribution in [3.63, 3.8) is 0 Å². The molecule has 2 aromatic rings.